The summed E-state index contributed by atoms with van der Waals surface area (Å²) in [5.41, 5.74) is 5.25. The Hall–Kier alpha value is -2.40. The molecule has 1 aliphatic rings. The molecule has 1 aromatic carbocycles. The van der Waals surface area contributed by atoms with Gasteiger partial charge in [0.25, 0.3) is 0 Å². The maximum atomic E-state index is 13.6. The second kappa shape index (κ2) is 8.12. The molecule has 2 rings (SSSR count). The lowest BCUT2D eigenvalue weighted by molar-refractivity contribution is -0.121. The van der Waals surface area contributed by atoms with Gasteiger partial charge in [-0.15, -0.1) is 12.3 Å². The van der Waals surface area contributed by atoms with Crippen LogP contribution in [0.2, 0.25) is 0 Å². The van der Waals surface area contributed by atoms with Crippen LogP contribution in [0.5, 0.6) is 0 Å². The first-order valence-corrected chi connectivity index (χ1v) is 7.88. The minimum Gasteiger partial charge on any atom is -0.356 e. The summed E-state index contributed by atoms with van der Waals surface area (Å²) < 4.78 is 39.6. The molecule has 0 saturated carbocycles. The summed E-state index contributed by atoms with van der Waals surface area (Å²) in [7, 11) is 0. The van der Waals surface area contributed by atoms with E-state index in [9.17, 15) is 18.0 Å². The van der Waals surface area contributed by atoms with Crippen LogP contribution in [0.3, 0.4) is 0 Å². The molecule has 1 atom stereocenters. The largest absolute Gasteiger partial charge is 0.356 e. The van der Waals surface area contributed by atoms with Gasteiger partial charge in [-0.3, -0.25) is 4.79 Å². The van der Waals surface area contributed by atoms with E-state index in [1.54, 1.807) is 0 Å². The summed E-state index contributed by atoms with van der Waals surface area (Å²) in [5.74, 6) is -1.10. The van der Waals surface area contributed by atoms with Gasteiger partial charge in [-0.05, 0) is 18.1 Å². The van der Waals surface area contributed by atoms with Crippen molar-refractivity contribution in [1.82, 2.24) is 5.32 Å². The van der Waals surface area contributed by atoms with Gasteiger partial charge in [0.2, 0.25) is 5.91 Å². The minimum atomic E-state index is -1.26. The van der Waals surface area contributed by atoms with Crippen molar-refractivity contribution in [3.8, 4) is 12.3 Å². The third-order valence-electron chi connectivity index (χ3n) is 3.92. The van der Waals surface area contributed by atoms with Crippen LogP contribution >= 0.6 is 0 Å². The lowest BCUT2D eigenvalue weighted by Gasteiger charge is -2.14. The number of hydrogen-bond donors (Lipinski definition) is 2. The zero-order valence-corrected chi connectivity index (χ0v) is 13.6. The SMILES string of the molecule is C#CCCC1(CCNC(=O)C[C@H](N)Cc2cc(F)c(F)cc2F)N=N1. The highest BCUT2D eigenvalue weighted by atomic mass is 19.2. The van der Waals surface area contributed by atoms with Gasteiger partial charge in [-0.2, -0.15) is 10.2 Å². The van der Waals surface area contributed by atoms with Crippen molar-refractivity contribution in [3.63, 3.8) is 0 Å². The zero-order chi connectivity index (χ0) is 18.4. The van der Waals surface area contributed by atoms with Gasteiger partial charge < -0.3 is 11.1 Å². The molecule has 0 aliphatic carbocycles. The molecule has 25 heavy (non-hydrogen) atoms. The van der Waals surface area contributed by atoms with Crippen LogP contribution < -0.4 is 11.1 Å². The molecule has 0 unspecified atom stereocenters. The van der Waals surface area contributed by atoms with E-state index in [1.165, 1.54) is 0 Å². The molecule has 0 bridgehead atoms. The highest BCUT2D eigenvalue weighted by molar-refractivity contribution is 5.76. The van der Waals surface area contributed by atoms with Crippen molar-refractivity contribution < 1.29 is 18.0 Å². The Morgan fingerprint density at radius 1 is 1.24 bits per heavy atom. The molecular weight excluding hydrogens is 333 g/mol. The Morgan fingerprint density at radius 2 is 1.92 bits per heavy atom. The normalized spacial score (nSPS) is 15.5. The Labute approximate surface area is 143 Å². The Balaban J connectivity index is 1.73. The Kier molecular flexibility index (Phi) is 6.15. The topological polar surface area (TPSA) is 79.8 Å². The molecular formula is C17H19F3N4O. The lowest BCUT2D eigenvalue weighted by atomic mass is 10.0. The van der Waals surface area contributed by atoms with Gasteiger partial charge in [0.05, 0.1) is 0 Å². The van der Waals surface area contributed by atoms with E-state index in [1.807, 2.05) is 0 Å². The fourth-order valence-electron chi connectivity index (χ4n) is 2.46. The van der Waals surface area contributed by atoms with Crippen molar-refractivity contribution in [1.29, 1.82) is 0 Å². The molecule has 1 heterocycles. The number of amides is 1. The van der Waals surface area contributed by atoms with Gasteiger partial charge in [-0.25, -0.2) is 13.2 Å². The number of carbonyl (C=O) groups excluding carboxylic acids is 1. The average Bonchev–Trinajstić information content (AvgIpc) is 3.30. The maximum Gasteiger partial charge on any atom is 0.221 e. The predicted molar refractivity (Wildman–Crippen MR) is 85.9 cm³/mol. The first-order valence-electron chi connectivity index (χ1n) is 7.88. The number of carbonyl (C=O) groups is 1. The van der Waals surface area contributed by atoms with Crippen LogP contribution in [0, 0.1) is 29.8 Å². The van der Waals surface area contributed by atoms with Crippen molar-refractivity contribution in [2.75, 3.05) is 6.54 Å². The van der Waals surface area contributed by atoms with Crippen molar-refractivity contribution >= 4 is 5.91 Å². The van der Waals surface area contributed by atoms with Gasteiger partial charge >= 0.3 is 0 Å². The second-order valence-electron chi connectivity index (χ2n) is 6.01. The molecule has 1 aliphatic heterocycles. The summed E-state index contributed by atoms with van der Waals surface area (Å²) >= 11 is 0. The van der Waals surface area contributed by atoms with Gasteiger partial charge in [-0.1, -0.05) is 0 Å². The summed E-state index contributed by atoms with van der Waals surface area (Å²) in [5, 5.41) is 10.6. The molecule has 0 saturated heterocycles. The van der Waals surface area contributed by atoms with Crippen LogP contribution in [0.4, 0.5) is 13.2 Å². The molecule has 5 nitrogen and oxygen atoms in total. The smallest absolute Gasteiger partial charge is 0.221 e. The Morgan fingerprint density at radius 3 is 2.56 bits per heavy atom. The van der Waals surface area contributed by atoms with Gasteiger partial charge in [0, 0.05) is 44.3 Å². The maximum absolute atomic E-state index is 13.6. The number of nitrogens with one attached hydrogen (secondary N) is 1. The van der Waals surface area contributed by atoms with E-state index < -0.39 is 29.2 Å². The molecule has 134 valence electrons. The average molecular weight is 352 g/mol. The van der Waals surface area contributed by atoms with Crippen LogP contribution in [0.25, 0.3) is 0 Å². The fraction of sp³-hybridized carbons (Fsp3) is 0.471. The van der Waals surface area contributed by atoms with E-state index in [0.29, 0.717) is 31.9 Å². The molecule has 8 heteroatoms. The number of halogens is 3. The standard InChI is InChI=1S/C17H19F3N4O/c1-2-3-4-17(23-24-17)5-6-22-16(25)9-12(21)7-11-8-14(19)15(20)10-13(11)18/h1,8,10,12H,3-7,9,21H2,(H,22,25)/t12-/m1/s1. The second-order valence-corrected chi connectivity index (χ2v) is 6.01. The van der Waals surface area contributed by atoms with E-state index in [-0.39, 0.29) is 24.3 Å². The monoisotopic (exact) mass is 352 g/mol. The predicted octanol–water partition coefficient (Wildman–Crippen LogP) is 2.45. The number of terminal acetylenes is 1. The number of nitrogens with two attached hydrogens (primary N) is 1. The first kappa shape index (κ1) is 18.9. The van der Waals surface area contributed by atoms with Crippen LogP contribution in [-0.4, -0.2) is 24.2 Å². The lowest BCUT2D eigenvalue weighted by Crippen LogP contribution is -2.34. The third-order valence-corrected chi connectivity index (χ3v) is 3.92. The highest BCUT2D eigenvalue weighted by Gasteiger charge is 2.38. The van der Waals surface area contributed by atoms with Crippen LogP contribution in [0.1, 0.15) is 31.2 Å². The first-order chi connectivity index (χ1) is 11.8. The Bertz CT molecular complexity index is 709. The quantitative estimate of drug-likeness (QED) is 0.529. The van der Waals surface area contributed by atoms with Crippen LogP contribution in [-0.2, 0) is 11.2 Å². The third kappa shape index (κ3) is 5.57. The number of benzene rings is 1. The molecule has 0 aromatic heterocycles. The molecule has 1 aromatic rings. The molecule has 0 fully saturated rings. The van der Waals surface area contributed by atoms with Gasteiger partial charge in [0.1, 0.15) is 5.82 Å². The number of nitrogens with zero attached hydrogens (tertiary/aromatic N) is 2. The number of rotatable bonds is 9. The molecule has 0 radical (unpaired) electrons. The zero-order valence-electron chi connectivity index (χ0n) is 13.6. The molecule has 0 spiro atoms. The fourth-order valence-corrected chi connectivity index (χ4v) is 2.46. The summed E-state index contributed by atoms with van der Waals surface area (Å²) in [6.45, 7) is 0.364. The number of hydrogen-bond acceptors (Lipinski definition) is 4. The van der Waals surface area contributed by atoms with E-state index >= 15 is 0 Å². The van der Waals surface area contributed by atoms with E-state index in [2.05, 4.69) is 21.5 Å². The van der Waals surface area contributed by atoms with Gasteiger partial charge in [0.15, 0.2) is 17.3 Å². The molecule has 3 N–H and O–H groups in total. The summed E-state index contributed by atoms with van der Waals surface area (Å²) in [6.07, 6.45) is 6.81. The van der Waals surface area contributed by atoms with Crippen molar-refractivity contribution in [2.24, 2.45) is 16.0 Å². The molecule has 1 amide bonds. The summed E-state index contributed by atoms with van der Waals surface area (Å²) in [4.78, 5) is 11.9. The van der Waals surface area contributed by atoms with Crippen molar-refractivity contribution in [3.05, 3.63) is 35.1 Å². The summed E-state index contributed by atoms with van der Waals surface area (Å²) in [6, 6.07) is 0.508. The van der Waals surface area contributed by atoms with E-state index in [0.717, 1.165) is 6.07 Å². The van der Waals surface area contributed by atoms with Crippen LogP contribution in [0.15, 0.2) is 22.4 Å². The van der Waals surface area contributed by atoms with Crippen molar-refractivity contribution in [2.45, 2.75) is 43.8 Å². The van der Waals surface area contributed by atoms with E-state index in [4.69, 9.17) is 12.2 Å². The minimum absolute atomic E-state index is 0.0654. The highest BCUT2D eigenvalue weighted by Crippen LogP contribution is 2.36.